The number of quaternary nitrogens is 1. The number of rotatable bonds is 15. The molecule has 0 N–H and O–H groups in total. The molecule has 0 aliphatic rings. The molecular formula is C27H44ClN. The van der Waals surface area contributed by atoms with Gasteiger partial charge in [0, 0.05) is 5.39 Å². The first-order valence-corrected chi connectivity index (χ1v) is 12.0. The van der Waals surface area contributed by atoms with Crippen molar-refractivity contribution in [2.24, 2.45) is 0 Å². The molecule has 1 nitrogen and oxygen atoms in total. The highest BCUT2D eigenvalue weighted by Gasteiger charge is 2.24. The van der Waals surface area contributed by atoms with Crippen LogP contribution < -0.4 is 16.9 Å². The van der Waals surface area contributed by atoms with Crippen molar-refractivity contribution in [3.63, 3.8) is 0 Å². The van der Waals surface area contributed by atoms with E-state index in [2.05, 4.69) is 63.4 Å². The van der Waals surface area contributed by atoms with Crippen LogP contribution in [0.5, 0.6) is 0 Å². The number of hydrogen-bond acceptors (Lipinski definition) is 0. The Morgan fingerprint density at radius 2 is 1.14 bits per heavy atom. The van der Waals surface area contributed by atoms with Gasteiger partial charge < -0.3 is 12.4 Å². The maximum absolute atomic E-state index is 2.42. The summed E-state index contributed by atoms with van der Waals surface area (Å²) in [5.41, 5.74) is 1.49. The molecule has 0 fully saturated rings. The fourth-order valence-corrected chi connectivity index (χ4v) is 4.43. The van der Waals surface area contributed by atoms with Crippen LogP contribution in [0.15, 0.2) is 42.5 Å². The summed E-state index contributed by atoms with van der Waals surface area (Å²) in [5.74, 6) is 0. The summed E-state index contributed by atoms with van der Waals surface area (Å²) in [4.78, 5) is 0. The van der Waals surface area contributed by atoms with Crippen LogP contribution in [0.1, 0.15) is 90.9 Å². The van der Waals surface area contributed by atoms with Gasteiger partial charge in [0.05, 0.1) is 20.1 Å². The fourth-order valence-electron chi connectivity index (χ4n) is 4.43. The first-order chi connectivity index (χ1) is 13.7. The second kappa shape index (κ2) is 14.9. The van der Waals surface area contributed by atoms with Gasteiger partial charge in [-0.1, -0.05) is 101 Å². The van der Waals surface area contributed by atoms with Gasteiger partial charge in [-0.3, -0.25) is 4.48 Å². The average Bonchev–Trinajstić information content (AvgIpc) is 2.74. The monoisotopic (exact) mass is 417 g/mol. The number of unbranched alkanes of at least 4 members (excludes halogenated alkanes) is 11. The van der Waals surface area contributed by atoms with Gasteiger partial charge in [-0.15, -0.1) is 0 Å². The maximum atomic E-state index is 2.42. The molecule has 2 aromatic rings. The van der Waals surface area contributed by atoms with Gasteiger partial charge in [-0.05, 0) is 37.3 Å². The lowest BCUT2D eigenvalue weighted by Gasteiger charge is -2.34. The quantitative estimate of drug-likeness (QED) is 0.265. The van der Waals surface area contributed by atoms with Crippen LogP contribution in [-0.2, 0) is 0 Å². The predicted octanol–water partition coefficient (Wildman–Crippen LogP) is 5.50. The molecule has 164 valence electrons. The fraction of sp³-hybridized carbons (Fsp3) is 0.630. The van der Waals surface area contributed by atoms with Crippen LogP contribution >= 0.6 is 0 Å². The van der Waals surface area contributed by atoms with Crippen molar-refractivity contribution >= 4 is 16.5 Å². The third-order valence-corrected chi connectivity index (χ3v) is 6.55. The highest BCUT2D eigenvalue weighted by atomic mass is 35.5. The van der Waals surface area contributed by atoms with E-state index in [-0.39, 0.29) is 12.4 Å². The third-order valence-electron chi connectivity index (χ3n) is 6.55. The predicted molar refractivity (Wildman–Crippen MR) is 128 cm³/mol. The highest BCUT2D eigenvalue weighted by Crippen LogP contribution is 2.31. The molecule has 0 saturated heterocycles. The molecule has 2 aromatic carbocycles. The van der Waals surface area contributed by atoms with Crippen LogP contribution in [0.2, 0.25) is 0 Å². The summed E-state index contributed by atoms with van der Waals surface area (Å²) < 4.78 is 1.05. The van der Waals surface area contributed by atoms with E-state index in [1.165, 1.54) is 100 Å². The molecule has 0 saturated carbocycles. The Labute approximate surface area is 186 Å². The summed E-state index contributed by atoms with van der Waals surface area (Å²) in [7, 11) is 2.42. The lowest BCUT2D eigenvalue weighted by molar-refractivity contribution is -0.00000602. The summed E-state index contributed by atoms with van der Waals surface area (Å²) >= 11 is 0. The number of halogens is 1. The molecule has 2 rings (SSSR count). The van der Waals surface area contributed by atoms with Gasteiger partial charge in [0.2, 0.25) is 0 Å². The smallest absolute Gasteiger partial charge is 0.140 e. The van der Waals surface area contributed by atoms with Gasteiger partial charge >= 0.3 is 0 Å². The summed E-state index contributed by atoms with van der Waals surface area (Å²) in [5, 5.41) is 2.79. The molecule has 0 spiro atoms. The van der Waals surface area contributed by atoms with Crippen molar-refractivity contribution in [1.29, 1.82) is 0 Å². The van der Waals surface area contributed by atoms with E-state index in [0.717, 1.165) is 11.0 Å². The largest absolute Gasteiger partial charge is 1.00 e. The van der Waals surface area contributed by atoms with E-state index < -0.39 is 0 Å². The van der Waals surface area contributed by atoms with Gasteiger partial charge in [-0.25, -0.2) is 0 Å². The molecule has 0 amide bonds. The van der Waals surface area contributed by atoms with E-state index in [0.29, 0.717) is 0 Å². The average molecular weight is 418 g/mol. The molecular weight excluding hydrogens is 374 g/mol. The first kappa shape index (κ1) is 26.0. The van der Waals surface area contributed by atoms with Crippen LogP contribution in [0, 0.1) is 0 Å². The Morgan fingerprint density at radius 3 is 1.72 bits per heavy atom. The van der Waals surface area contributed by atoms with E-state index in [4.69, 9.17) is 0 Å². The molecule has 0 aromatic heterocycles. The van der Waals surface area contributed by atoms with Gasteiger partial charge in [0.15, 0.2) is 0 Å². The summed E-state index contributed by atoms with van der Waals surface area (Å²) in [6.07, 6.45) is 17.0. The molecule has 0 aliphatic heterocycles. The summed E-state index contributed by atoms with van der Waals surface area (Å²) in [6.45, 7) is 7.04. The zero-order valence-electron chi connectivity index (χ0n) is 19.3. The first-order valence-electron chi connectivity index (χ1n) is 12.0. The SMILES string of the molecule is CCCCCCCCCCCCCC[N+](C)(CC)c1cccc2ccccc12.[Cl-]. The molecule has 2 heteroatoms. The second-order valence-corrected chi connectivity index (χ2v) is 8.82. The van der Waals surface area contributed by atoms with E-state index in [9.17, 15) is 0 Å². The normalized spacial score (nSPS) is 13.2. The number of nitrogens with zero attached hydrogens (tertiary/aromatic N) is 1. The Morgan fingerprint density at radius 1 is 0.621 bits per heavy atom. The van der Waals surface area contributed by atoms with Crippen molar-refractivity contribution in [1.82, 2.24) is 4.48 Å². The van der Waals surface area contributed by atoms with Crippen molar-refractivity contribution in [3.05, 3.63) is 42.5 Å². The van der Waals surface area contributed by atoms with Crippen molar-refractivity contribution < 1.29 is 12.4 Å². The molecule has 0 aliphatic carbocycles. The number of benzene rings is 2. The zero-order chi connectivity index (χ0) is 20.1. The van der Waals surface area contributed by atoms with Crippen LogP contribution in [0.3, 0.4) is 0 Å². The van der Waals surface area contributed by atoms with Gasteiger partial charge in [0.25, 0.3) is 0 Å². The molecule has 1 unspecified atom stereocenters. The Kier molecular flexibility index (Phi) is 13.3. The maximum Gasteiger partial charge on any atom is 0.140 e. The molecule has 0 heterocycles. The lowest BCUT2D eigenvalue weighted by atomic mass is 10.0. The minimum atomic E-state index is 0. The Bertz CT molecular complexity index is 663. The second-order valence-electron chi connectivity index (χ2n) is 8.82. The minimum absolute atomic E-state index is 0. The summed E-state index contributed by atoms with van der Waals surface area (Å²) in [6, 6.07) is 15.7. The molecule has 1 atom stereocenters. The minimum Gasteiger partial charge on any atom is -1.00 e. The van der Waals surface area contributed by atoms with Gasteiger partial charge in [-0.2, -0.15) is 0 Å². The topological polar surface area (TPSA) is 0 Å². The Hall–Kier alpha value is -1.05. The van der Waals surface area contributed by atoms with E-state index in [1.54, 1.807) is 0 Å². The zero-order valence-corrected chi connectivity index (χ0v) is 20.0. The van der Waals surface area contributed by atoms with Crippen molar-refractivity contribution in [2.45, 2.75) is 90.9 Å². The van der Waals surface area contributed by atoms with Gasteiger partial charge in [0.1, 0.15) is 5.69 Å². The van der Waals surface area contributed by atoms with E-state index in [1.807, 2.05) is 0 Å². The lowest BCUT2D eigenvalue weighted by Crippen LogP contribution is -3.00. The number of fused-ring (bicyclic) bond motifs is 1. The number of hydrogen-bond donors (Lipinski definition) is 0. The third kappa shape index (κ3) is 8.69. The van der Waals surface area contributed by atoms with E-state index >= 15 is 0 Å². The van der Waals surface area contributed by atoms with Crippen molar-refractivity contribution in [2.75, 3.05) is 20.1 Å². The molecule has 0 radical (unpaired) electrons. The van der Waals surface area contributed by atoms with Crippen LogP contribution in [0.4, 0.5) is 5.69 Å². The standard InChI is InChI=1S/C27H44N.ClH/c1-4-6-7-8-9-10-11-12-13-14-15-18-24-28(3,5-2)27-23-19-21-25-20-16-17-22-26(25)27;/h16-17,19-23H,4-15,18,24H2,1-3H3;1H/q+1;/p-1. The Balaban J connectivity index is 0.00000420. The molecule has 29 heavy (non-hydrogen) atoms. The highest BCUT2D eigenvalue weighted by molar-refractivity contribution is 5.93. The van der Waals surface area contributed by atoms with Crippen LogP contribution in [-0.4, -0.2) is 20.1 Å². The van der Waals surface area contributed by atoms with Crippen LogP contribution in [0.25, 0.3) is 10.8 Å². The van der Waals surface area contributed by atoms with Crippen molar-refractivity contribution in [3.8, 4) is 0 Å². The molecule has 0 bridgehead atoms.